The van der Waals surface area contributed by atoms with Gasteiger partial charge in [-0.1, -0.05) is 18.5 Å². The Hall–Kier alpha value is -2.05. The fraction of sp³-hybridized carbons (Fsp3) is 0.381. The van der Waals surface area contributed by atoms with E-state index in [0.717, 1.165) is 31.5 Å². The molecule has 5 nitrogen and oxygen atoms in total. The third kappa shape index (κ3) is 4.18. The number of rotatable bonds is 4. The smallest absolute Gasteiger partial charge is 0.264 e. The Balaban J connectivity index is 1.85. The molecule has 0 saturated carbocycles. The topological polar surface area (TPSA) is 57.7 Å². The Labute approximate surface area is 172 Å². The van der Waals surface area contributed by atoms with Gasteiger partial charge in [-0.2, -0.15) is 0 Å². The SMILES string of the molecule is Cc1cc(C(=O)N2CCCC(C)C2)ccc1N(C)S(=O)(=O)c1ccc(Cl)cc1. The number of hydrogen-bond acceptors (Lipinski definition) is 3. The number of amides is 1. The third-order valence-electron chi connectivity index (χ3n) is 5.20. The molecule has 0 bridgehead atoms. The average Bonchev–Trinajstić information content (AvgIpc) is 2.67. The number of nitrogens with zero attached hydrogens (tertiary/aromatic N) is 2. The largest absolute Gasteiger partial charge is 0.338 e. The van der Waals surface area contributed by atoms with Crippen LogP contribution in [0.4, 0.5) is 5.69 Å². The number of sulfonamides is 1. The van der Waals surface area contributed by atoms with Gasteiger partial charge in [-0.05, 0) is 73.7 Å². The summed E-state index contributed by atoms with van der Waals surface area (Å²) in [4.78, 5) is 14.9. The van der Waals surface area contributed by atoms with Gasteiger partial charge in [0.15, 0.2) is 0 Å². The van der Waals surface area contributed by atoms with E-state index in [9.17, 15) is 13.2 Å². The van der Waals surface area contributed by atoms with Crippen LogP contribution in [0.5, 0.6) is 0 Å². The molecule has 150 valence electrons. The van der Waals surface area contributed by atoms with Gasteiger partial charge in [0.25, 0.3) is 15.9 Å². The lowest BCUT2D eigenvalue weighted by molar-refractivity contribution is 0.0683. The Morgan fingerprint density at radius 3 is 2.46 bits per heavy atom. The minimum atomic E-state index is -3.71. The normalized spacial score (nSPS) is 17.4. The van der Waals surface area contributed by atoms with Crippen LogP contribution < -0.4 is 4.31 Å². The van der Waals surface area contributed by atoms with Crippen LogP contribution in [0.15, 0.2) is 47.4 Å². The van der Waals surface area contributed by atoms with Crippen LogP contribution in [0.1, 0.15) is 35.7 Å². The number of piperidine rings is 1. The van der Waals surface area contributed by atoms with Crippen molar-refractivity contribution in [3.8, 4) is 0 Å². The second-order valence-electron chi connectivity index (χ2n) is 7.43. The van der Waals surface area contributed by atoms with Gasteiger partial charge < -0.3 is 4.90 Å². The fourth-order valence-corrected chi connectivity index (χ4v) is 4.98. The number of halogens is 1. The minimum Gasteiger partial charge on any atom is -0.338 e. The molecular weight excluding hydrogens is 396 g/mol. The summed E-state index contributed by atoms with van der Waals surface area (Å²) >= 11 is 5.86. The predicted molar refractivity (Wildman–Crippen MR) is 113 cm³/mol. The summed E-state index contributed by atoms with van der Waals surface area (Å²) in [6.45, 7) is 5.52. The molecular formula is C21H25ClN2O3S. The molecule has 2 aromatic carbocycles. The molecule has 1 aliphatic heterocycles. The maximum absolute atomic E-state index is 12.9. The fourth-order valence-electron chi connectivity index (χ4n) is 3.59. The Morgan fingerprint density at radius 1 is 1.18 bits per heavy atom. The van der Waals surface area contributed by atoms with Crippen molar-refractivity contribution in [2.75, 3.05) is 24.4 Å². The quantitative estimate of drug-likeness (QED) is 0.738. The molecule has 1 unspecified atom stereocenters. The van der Waals surface area contributed by atoms with Gasteiger partial charge in [0.05, 0.1) is 10.6 Å². The number of likely N-dealkylation sites (tertiary alicyclic amines) is 1. The van der Waals surface area contributed by atoms with Crippen LogP contribution in [-0.2, 0) is 10.0 Å². The molecule has 0 radical (unpaired) electrons. The number of carbonyl (C=O) groups is 1. The van der Waals surface area contributed by atoms with Crippen LogP contribution in [0.25, 0.3) is 0 Å². The van der Waals surface area contributed by atoms with E-state index in [1.54, 1.807) is 30.3 Å². The zero-order chi connectivity index (χ0) is 20.5. The number of carbonyl (C=O) groups excluding carboxylic acids is 1. The molecule has 1 amide bonds. The molecule has 0 N–H and O–H groups in total. The summed E-state index contributed by atoms with van der Waals surface area (Å²) in [7, 11) is -2.20. The highest BCUT2D eigenvalue weighted by molar-refractivity contribution is 7.92. The van der Waals surface area contributed by atoms with Crippen LogP contribution in [0, 0.1) is 12.8 Å². The Kier molecular flexibility index (Phi) is 6.01. The lowest BCUT2D eigenvalue weighted by atomic mass is 9.99. The minimum absolute atomic E-state index is 0.00408. The standard InChI is InChI=1S/C21H25ClN2O3S/c1-15-5-4-12-24(14-15)21(25)17-6-11-20(16(2)13-17)23(3)28(26,27)19-9-7-18(22)8-10-19/h6-11,13,15H,4-5,12,14H2,1-3H3. The van der Waals surface area contributed by atoms with Crippen molar-refractivity contribution in [3.63, 3.8) is 0 Å². The molecule has 28 heavy (non-hydrogen) atoms. The van der Waals surface area contributed by atoms with Gasteiger partial charge in [-0.3, -0.25) is 9.10 Å². The summed E-state index contributed by atoms with van der Waals surface area (Å²) in [5, 5.41) is 0.479. The lowest BCUT2D eigenvalue weighted by Crippen LogP contribution is -2.39. The molecule has 0 aromatic heterocycles. The molecule has 1 aliphatic rings. The highest BCUT2D eigenvalue weighted by Crippen LogP contribution is 2.28. The maximum atomic E-state index is 12.9. The number of benzene rings is 2. The van der Waals surface area contributed by atoms with E-state index in [1.807, 2.05) is 11.8 Å². The van der Waals surface area contributed by atoms with Crippen molar-refractivity contribution in [1.82, 2.24) is 4.90 Å². The molecule has 0 spiro atoms. The first-order valence-electron chi connectivity index (χ1n) is 9.34. The first-order chi connectivity index (χ1) is 13.2. The summed E-state index contributed by atoms with van der Waals surface area (Å²) in [5.74, 6) is 0.512. The van der Waals surface area contributed by atoms with Crippen LogP contribution >= 0.6 is 11.6 Å². The predicted octanol–water partition coefficient (Wildman–Crippen LogP) is 4.35. The van der Waals surface area contributed by atoms with E-state index in [1.165, 1.54) is 23.5 Å². The van der Waals surface area contributed by atoms with Crippen molar-refractivity contribution >= 4 is 33.2 Å². The van der Waals surface area contributed by atoms with E-state index in [0.29, 0.717) is 22.2 Å². The van der Waals surface area contributed by atoms with Gasteiger partial charge in [0.1, 0.15) is 0 Å². The first kappa shape index (κ1) is 20.7. The van der Waals surface area contributed by atoms with E-state index < -0.39 is 10.0 Å². The number of anilines is 1. The summed E-state index contributed by atoms with van der Waals surface area (Å²) in [5.41, 5.74) is 1.86. The summed E-state index contributed by atoms with van der Waals surface area (Å²) < 4.78 is 27.1. The van der Waals surface area contributed by atoms with Crippen molar-refractivity contribution in [3.05, 3.63) is 58.6 Å². The Bertz CT molecular complexity index is 974. The highest BCUT2D eigenvalue weighted by atomic mass is 35.5. The van der Waals surface area contributed by atoms with Gasteiger partial charge in [-0.25, -0.2) is 8.42 Å². The lowest BCUT2D eigenvalue weighted by Gasteiger charge is -2.31. The van der Waals surface area contributed by atoms with Crippen LogP contribution in [-0.4, -0.2) is 39.4 Å². The number of hydrogen-bond donors (Lipinski definition) is 0. The second kappa shape index (κ2) is 8.13. The van der Waals surface area contributed by atoms with Gasteiger partial charge in [0, 0.05) is 30.7 Å². The molecule has 1 fully saturated rings. The summed E-state index contributed by atoms with van der Waals surface area (Å²) in [6.07, 6.45) is 2.17. The monoisotopic (exact) mass is 420 g/mol. The van der Waals surface area contributed by atoms with Crippen molar-refractivity contribution in [2.24, 2.45) is 5.92 Å². The van der Waals surface area contributed by atoms with Crippen molar-refractivity contribution in [2.45, 2.75) is 31.6 Å². The van der Waals surface area contributed by atoms with Crippen molar-refractivity contribution in [1.29, 1.82) is 0 Å². The second-order valence-corrected chi connectivity index (χ2v) is 9.83. The van der Waals surface area contributed by atoms with Crippen LogP contribution in [0.3, 0.4) is 0 Å². The van der Waals surface area contributed by atoms with E-state index in [2.05, 4.69) is 6.92 Å². The zero-order valence-corrected chi connectivity index (χ0v) is 17.9. The molecule has 1 heterocycles. The maximum Gasteiger partial charge on any atom is 0.264 e. The van der Waals surface area contributed by atoms with E-state index in [-0.39, 0.29) is 10.8 Å². The Morgan fingerprint density at radius 2 is 1.86 bits per heavy atom. The van der Waals surface area contributed by atoms with Gasteiger partial charge in [0.2, 0.25) is 0 Å². The number of aryl methyl sites for hydroxylation is 1. The molecule has 3 rings (SSSR count). The first-order valence-corrected chi connectivity index (χ1v) is 11.2. The van der Waals surface area contributed by atoms with E-state index in [4.69, 9.17) is 11.6 Å². The molecule has 1 atom stereocenters. The zero-order valence-electron chi connectivity index (χ0n) is 16.4. The molecule has 0 aliphatic carbocycles. The third-order valence-corrected chi connectivity index (χ3v) is 7.24. The average molecular weight is 421 g/mol. The summed E-state index contributed by atoms with van der Waals surface area (Å²) in [6, 6.07) is 11.2. The van der Waals surface area contributed by atoms with Crippen molar-refractivity contribution < 1.29 is 13.2 Å². The molecule has 2 aromatic rings. The van der Waals surface area contributed by atoms with Gasteiger partial charge >= 0.3 is 0 Å². The van der Waals surface area contributed by atoms with Gasteiger partial charge in [-0.15, -0.1) is 0 Å². The van der Waals surface area contributed by atoms with Crippen LogP contribution in [0.2, 0.25) is 5.02 Å². The molecule has 7 heteroatoms. The van der Waals surface area contributed by atoms with E-state index >= 15 is 0 Å². The highest BCUT2D eigenvalue weighted by Gasteiger charge is 2.25. The molecule has 1 saturated heterocycles.